The van der Waals surface area contributed by atoms with Crippen molar-refractivity contribution >= 4 is 12.4 Å². The monoisotopic (exact) mass is 319 g/mol. The minimum Gasteiger partial charge on any atom is -0.324 e. The van der Waals surface area contributed by atoms with Crippen LogP contribution in [0, 0.1) is 5.92 Å². The predicted molar refractivity (Wildman–Crippen MR) is 94.1 cm³/mol. The first-order valence-electron chi connectivity index (χ1n) is 8.11. The van der Waals surface area contributed by atoms with Crippen molar-refractivity contribution in [2.45, 2.75) is 51.6 Å². The van der Waals surface area contributed by atoms with Crippen molar-refractivity contribution in [3.63, 3.8) is 0 Å². The van der Waals surface area contributed by atoms with Crippen LogP contribution in [0.4, 0.5) is 0 Å². The molecule has 0 radical (unpaired) electrons. The van der Waals surface area contributed by atoms with Crippen LogP contribution in [0.5, 0.6) is 0 Å². The quantitative estimate of drug-likeness (QED) is 0.897. The highest BCUT2D eigenvalue weighted by atomic mass is 35.5. The molecule has 0 unspecified atom stereocenters. The Labute approximate surface area is 139 Å². The number of hydrogen-bond acceptors (Lipinski definition) is 2. The van der Waals surface area contributed by atoms with E-state index in [1.165, 1.54) is 48.8 Å². The molecule has 0 spiro atoms. The summed E-state index contributed by atoms with van der Waals surface area (Å²) < 4.78 is 2.12. The normalized spacial score (nSPS) is 17.0. The highest BCUT2D eigenvalue weighted by Crippen LogP contribution is 2.26. The van der Waals surface area contributed by atoms with Crippen molar-refractivity contribution < 1.29 is 0 Å². The van der Waals surface area contributed by atoms with E-state index < -0.39 is 0 Å². The molecule has 22 heavy (non-hydrogen) atoms. The van der Waals surface area contributed by atoms with E-state index in [1.807, 2.05) is 13.1 Å². The van der Waals surface area contributed by atoms with Gasteiger partial charge >= 0.3 is 0 Å². The molecular weight excluding hydrogens is 294 g/mol. The summed E-state index contributed by atoms with van der Waals surface area (Å²) in [5, 5.41) is 4.54. The maximum atomic E-state index is 5.89. The molecule has 0 saturated heterocycles. The average Bonchev–Trinajstić information content (AvgIpc) is 2.97. The number of hydrogen-bond donors (Lipinski definition) is 1. The van der Waals surface area contributed by atoms with Gasteiger partial charge in [0.15, 0.2) is 0 Å². The molecule has 1 aromatic carbocycles. The number of nitrogens with two attached hydrogens (primary N) is 1. The van der Waals surface area contributed by atoms with Gasteiger partial charge in [0.2, 0.25) is 0 Å². The molecule has 2 N–H and O–H groups in total. The van der Waals surface area contributed by atoms with E-state index in [9.17, 15) is 0 Å². The Balaban J connectivity index is 0.00000176. The third-order valence-electron chi connectivity index (χ3n) is 4.57. The van der Waals surface area contributed by atoms with E-state index in [2.05, 4.69) is 40.2 Å². The van der Waals surface area contributed by atoms with Crippen LogP contribution in [0.15, 0.2) is 36.7 Å². The second-order valence-electron chi connectivity index (χ2n) is 6.37. The van der Waals surface area contributed by atoms with E-state index in [4.69, 9.17) is 5.73 Å². The standard InChI is InChI=1S/C18H25N3.ClH/c1-14(19)16-7-9-17(10-8-16)18-11-20-21(13-18)12-15-5-3-2-4-6-15;/h7-11,13-15H,2-6,12,19H2,1H3;1H/t14-;/m0./s1. The van der Waals surface area contributed by atoms with Crippen molar-refractivity contribution in [2.24, 2.45) is 11.7 Å². The minimum atomic E-state index is 0. The Hall–Kier alpha value is -1.32. The molecule has 1 aliphatic rings. The van der Waals surface area contributed by atoms with Gasteiger partial charge in [0.05, 0.1) is 6.20 Å². The second kappa shape index (κ2) is 7.80. The Morgan fingerprint density at radius 3 is 2.45 bits per heavy atom. The van der Waals surface area contributed by atoms with E-state index in [1.54, 1.807) is 0 Å². The van der Waals surface area contributed by atoms with Crippen LogP contribution in [0.1, 0.15) is 50.6 Å². The maximum Gasteiger partial charge on any atom is 0.0568 e. The summed E-state index contributed by atoms with van der Waals surface area (Å²) in [6, 6.07) is 8.59. The van der Waals surface area contributed by atoms with E-state index >= 15 is 0 Å². The van der Waals surface area contributed by atoms with Crippen molar-refractivity contribution in [3.05, 3.63) is 42.2 Å². The molecule has 3 rings (SSSR count). The van der Waals surface area contributed by atoms with Crippen molar-refractivity contribution in [3.8, 4) is 11.1 Å². The van der Waals surface area contributed by atoms with E-state index in [0.29, 0.717) is 0 Å². The van der Waals surface area contributed by atoms with Crippen LogP contribution in [0.3, 0.4) is 0 Å². The van der Waals surface area contributed by atoms with Crippen molar-refractivity contribution in [1.29, 1.82) is 0 Å². The third kappa shape index (κ3) is 4.11. The molecule has 4 heteroatoms. The smallest absolute Gasteiger partial charge is 0.0568 e. The lowest BCUT2D eigenvalue weighted by atomic mass is 9.89. The molecule has 0 bridgehead atoms. The summed E-state index contributed by atoms with van der Waals surface area (Å²) in [6.45, 7) is 3.08. The van der Waals surface area contributed by atoms with Gasteiger partial charge in [0.25, 0.3) is 0 Å². The van der Waals surface area contributed by atoms with Crippen molar-refractivity contribution in [2.75, 3.05) is 0 Å². The first-order valence-corrected chi connectivity index (χ1v) is 8.11. The van der Waals surface area contributed by atoms with Gasteiger partial charge in [-0.1, -0.05) is 43.5 Å². The fourth-order valence-corrected chi connectivity index (χ4v) is 3.23. The SMILES string of the molecule is C[C@H](N)c1ccc(-c2cnn(CC3CCCCC3)c2)cc1.Cl. The number of rotatable bonds is 4. The minimum absolute atomic E-state index is 0. The maximum absolute atomic E-state index is 5.89. The molecule has 1 saturated carbocycles. The lowest BCUT2D eigenvalue weighted by molar-refractivity contribution is 0.308. The second-order valence-corrected chi connectivity index (χ2v) is 6.37. The van der Waals surface area contributed by atoms with Crippen LogP contribution in [0.25, 0.3) is 11.1 Å². The number of aromatic nitrogens is 2. The summed E-state index contributed by atoms with van der Waals surface area (Å²) >= 11 is 0. The molecule has 1 heterocycles. The lowest BCUT2D eigenvalue weighted by Crippen LogP contribution is -2.14. The largest absolute Gasteiger partial charge is 0.324 e. The summed E-state index contributed by atoms with van der Waals surface area (Å²) in [6.07, 6.45) is 11.1. The fourth-order valence-electron chi connectivity index (χ4n) is 3.23. The zero-order valence-electron chi connectivity index (χ0n) is 13.2. The van der Waals surface area contributed by atoms with Gasteiger partial charge < -0.3 is 5.73 Å². The molecule has 1 fully saturated rings. The lowest BCUT2D eigenvalue weighted by Gasteiger charge is -2.21. The summed E-state index contributed by atoms with van der Waals surface area (Å²) in [4.78, 5) is 0. The van der Waals surface area contributed by atoms with E-state index in [-0.39, 0.29) is 18.4 Å². The molecule has 1 aromatic heterocycles. The van der Waals surface area contributed by atoms with Crippen LogP contribution >= 0.6 is 12.4 Å². The van der Waals surface area contributed by atoms with Crippen LogP contribution in [0.2, 0.25) is 0 Å². The number of nitrogens with zero attached hydrogens (tertiary/aromatic N) is 2. The zero-order chi connectivity index (χ0) is 14.7. The van der Waals surface area contributed by atoms with Gasteiger partial charge in [-0.25, -0.2) is 0 Å². The molecule has 2 aromatic rings. The van der Waals surface area contributed by atoms with Gasteiger partial charge in [-0.15, -0.1) is 12.4 Å². The highest BCUT2D eigenvalue weighted by molar-refractivity contribution is 5.85. The molecule has 0 amide bonds. The fraction of sp³-hybridized carbons (Fsp3) is 0.500. The van der Waals surface area contributed by atoms with Crippen LogP contribution in [-0.2, 0) is 6.54 Å². The van der Waals surface area contributed by atoms with E-state index in [0.717, 1.165) is 12.5 Å². The zero-order valence-corrected chi connectivity index (χ0v) is 14.1. The molecule has 1 aliphatic carbocycles. The van der Waals surface area contributed by atoms with Gasteiger partial charge in [0, 0.05) is 24.3 Å². The highest BCUT2D eigenvalue weighted by Gasteiger charge is 2.14. The predicted octanol–water partition coefficient (Wildman–Crippen LogP) is 4.57. The molecule has 120 valence electrons. The number of benzene rings is 1. The van der Waals surface area contributed by atoms with Crippen molar-refractivity contribution in [1.82, 2.24) is 9.78 Å². The van der Waals surface area contributed by atoms with Gasteiger partial charge in [0.1, 0.15) is 0 Å². The summed E-state index contributed by atoms with van der Waals surface area (Å²) in [7, 11) is 0. The average molecular weight is 320 g/mol. The Bertz CT molecular complexity index is 568. The van der Waals surface area contributed by atoms with Gasteiger partial charge in [-0.3, -0.25) is 4.68 Å². The van der Waals surface area contributed by atoms with Crippen LogP contribution < -0.4 is 5.73 Å². The van der Waals surface area contributed by atoms with Gasteiger partial charge in [-0.05, 0) is 36.8 Å². The van der Waals surface area contributed by atoms with Crippen LogP contribution in [-0.4, -0.2) is 9.78 Å². The molecule has 3 nitrogen and oxygen atoms in total. The molecular formula is C18H26ClN3. The first kappa shape index (κ1) is 17.0. The summed E-state index contributed by atoms with van der Waals surface area (Å²) in [5.74, 6) is 0.812. The molecule has 1 atom stereocenters. The first-order chi connectivity index (χ1) is 10.2. The third-order valence-corrected chi connectivity index (χ3v) is 4.57. The topological polar surface area (TPSA) is 43.8 Å². The molecule has 0 aliphatic heterocycles. The summed E-state index contributed by atoms with van der Waals surface area (Å²) in [5.41, 5.74) is 9.48. The number of halogens is 1. The Morgan fingerprint density at radius 1 is 1.14 bits per heavy atom. The Kier molecular flexibility index (Phi) is 6.04. The van der Waals surface area contributed by atoms with Gasteiger partial charge in [-0.2, -0.15) is 5.10 Å². The Morgan fingerprint density at radius 2 is 1.82 bits per heavy atom.